The van der Waals surface area contributed by atoms with Gasteiger partial charge in [0.1, 0.15) is 35.2 Å². The van der Waals surface area contributed by atoms with Gasteiger partial charge >= 0.3 is 17.9 Å². The molecule has 4 aliphatic carbocycles. The molecule has 1 N–H and O–H groups in total. The molecule has 0 spiro atoms. The molecule has 3 aromatic rings. The number of fused-ring (bicyclic) bond motifs is 5. The SMILES string of the molecule is C[C@H](C[C@H](OC(=O)COc1ccccc1)[C@@H](OC(=O)COc1ccccc1)C(C)(C)O)C1=C2C[C@H](OC(=O)COc3ccccc3)[C@H]3[C@@]4(C)CCC(=O)C(C)(C)[C@@H]4CC[C@]3(C)[C@@]2(C)CC1. The normalized spacial score (nSPS) is 28.3. The lowest BCUT2D eigenvalue weighted by molar-refractivity contribution is -0.218. The minimum atomic E-state index is -1.63. The van der Waals surface area contributed by atoms with Crippen LogP contribution in [-0.4, -0.2) is 72.5 Å². The third-order valence-electron chi connectivity index (χ3n) is 15.9. The number of rotatable bonds is 17. The molecule has 0 saturated heterocycles. The topological polar surface area (TPSA) is 144 Å². The van der Waals surface area contributed by atoms with Crippen molar-refractivity contribution >= 4 is 23.7 Å². The van der Waals surface area contributed by atoms with Gasteiger partial charge in [-0.15, -0.1) is 0 Å². The average molecular weight is 893 g/mol. The van der Waals surface area contributed by atoms with E-state index < -0.39 is 60.4 Å². The van der Waals surface area contributed by atoms with Gasteiger partial charge in [-0.2, -0.15) is 0 Å². The van der Waals surface area contributed by atoms with Crippen LogP contribution in [-0.2, 0) is 33.4 Å². The lowest BCUT2D eigenvalue weighted by Crippen LogP contribution is -2.66. The first-order chi connectivity index (χ1) is 30.8. The van der Waals surface area contributed by atoms with Crippen LogP contribution in [0.15, 0.2) is 102 Å². The smallest absolute Gasteiger partial charge is 0.344 e. The molecular weight excluding hydrogens is 825 g/mol. The van der Waals surface area contributed by atoms with E-state index >= 15 is 0 Å². The minimum Gasteiger partial charge on any atom is -0.482 e. The first-order valence-electron chi connectivity index (χ1n) is 23.4. The van der Waals surface area contributed by atoms with Gasteiger partial charge in [-0.25, -0.2) is 14.4 Å². The number of carbonyl (C=O) groups excluding carboxylic acids is 4. The van der Waals surface area contributed by atoms with E-state index in [2.05, 4.69) is 41.5 Å². The number of hydrogen-bond acceptors (Lipinski definition) is 11. The summed E-state index contributed by atoms with van der Waals surface area (Å²) >= 11 is 0. The van der Waals surface area contributed by atoms with Gasteiger partial charge in [-0.3, -0.25) is 4.79 Å². The lowest BCUT2D eigenvalue weighted by Gasteiger charge is -2.69. The van der Waals surface area contributed by atoms with Crippen molar-refractivity contribution in [2.45, 2.75) is 131 Å². The lowest BCUT2D eigenvalue weighted by atomic mass is 9.36. The summed E-state index contributed by atoms with van der Waals surface area (Å²) in [7, 11) is 0. The molecule has 65 heavy (non-hydrogen) atoms. The monoisotopic (exact) mass is 892 g/mol. The molecule has 0 bridgehead atoms. The Morgan fingerprint density at radius 3 is 1.74 bits per heavy atom. The number of ether oxygens (including phenoxy) is 6. The van der Waals surface area contributed by atoms with E-state index in [0.29, 0.717) is 35.9 Å². The summed E-state index contributed by atoms with van der Waals surface area (Å²) in [6.45, 7) is 15.4. The van der Waals surface area contributed by atoms with Gasteiger partial charge in [-0.05, 0) is 117 Å². The van der Waals surface area contributed by atoms with Gasteiger partial charge in [0.15, 0.2) is 25.9 Å². The fourth-order valence-corrected chi connectivity index (χ4v) is 12.7. The minimum absolute atomic E-state index is 0.0272. The van der Waals surface area contributed by atoms with E-state index in [4.69, 9.17) is 28.4 Å². The fraction of sp³-hybridized carbons (Fsp3) is 0.556. The summed E-state index contributed by atoms with van der Waals surface area (Å²) in [6, 6.07) is 27.0. The Labute approximate surface area is 384 Å². The molecule has 0 aliphatic heterocycles. The quantitative estimate of drug-likeness (QED) is 0.0786. The third-order valence-corrected chi connectivity index (χ3v) is 15.9. The van der Waals surface area contributed by atoms with Crippen molar-refractivity contribution in [3.63, 3.8) is 0 Å². The molecule has 0 amide bonds. The molecule has 0 unspecified atom stereocenters. The number of Topliss-reactive ketones (excluding diaryl/α,β-unsaturated/α-hetero) is 1. The summed E-state index contributed by atoms with van der Waals surface area (Å²) in [5.74, 6) is -0.0937. The molecule has 4 aliphatic rings. The standard InChI is InChI=1S/C54H68O11/c1-35(30-42(64-46(57)33-61-37-20-14-10-15-21-37)49(51(4,5)59)65-47(58)34-62-38-22-16-11-17-23-38)39-24-28-53(7)40(39)31-41(63-45(56)32-60-36-18-12-9-13-19-36)48-52(6)27-26-44(55)50(2,3)43(52)25-29-54(48,53)8/h9-23,35,41-43,48-49,59H,24-34H2,1-8H3/t35-,41+,42+,43+,48+,49-,52+,53+,54+/m1/s1. The number of allylic oxidation sites excluding steroid dienone is 1. The summed E-state index contributed by atoms with van der Waals surface area (Å²) < 4.78 is 36.2. The van der Waals surface area contributed by atoms with Gasteiger partial charge < -0.3 is 33.5 Å². The van der Waals surface area contributed by atoms with Crippen molar-refractivity contribution in [1.29, 1.82) is 0 Å². The molecule has 0 aromatic heterocycles. The molecule has 3 fully saturated rings. The fourth-order valence-electron chi connectivity index (χ4n) is 12.7. The Kier molecular flexibility index (Phi) is 14.0. The Hall–Kier alpha value is -5.16. The van der Waals surface area contributed by atoms with Crippen LogP contribution in [0.1, 0.15) is 107 Å². The number of para-hydroxylation sites is 3. The van der Waals surface area contributed by atoms with Crippen molar-refractivity contribution in [2.24, 2.45) is 39.4 Å². The number of carbonyl (C=O) groups is 4. The molecule has 7 rings (SSSR count). The van der Waals surface area contributed by atoms with Crippen LogP contribution in [0.2, 0.25) is 0 Å². The van der Waals surface area contributed by atoms with E-state index in [9.17, 15) is 24.3 Å². The molecule has 11 nitrogen and oxygen atoms in total. The Morgan fingerprint density at radius 2 is 1.22 bits per heavy atom. The van der Waals surface area contributed by atoms with Crippen molar-refractivity contribution in [1.82, 2.24) is 0 Å². The number of aliphatic hydroxyl groups is 1. The maximum absolute atomic E-state index is 13.9. The molecule has 3 saturated carbocycles. The molecule has 11 heteroatoms. The predicted molar refractivity (Wildman–Crippen MR) is 245 cm³/mol. The maximum Gasteiger partial charge on any atom is 0.344 e. The number of ketones is 1. The van der Waals surface area contributed by atoms with Crippen LogP contribution in [0.25, 0.3) is 0 Å². The maximum atomic E-state index is 13.9. The van der Waals surface area contributed by atoms with Crippen molar-refractivity contribution in [3.05, 3.63) is 102 Å². The highest BCUT2D eigenvalue weighted by molar-refractivity contribution is 5.85. The van der Waals surface area contributed by atoms with Crippen LogP contribution < -0.4 is 14.2 Å². The van der Waals surface area contributed by atoms with E-state index in [-0.39, 0.29) is 47.0 Å². The zero-order valence-electron chi connectivity index (χ0n) is 39.4. The molecule has 9 atom stereocenters. The number of hydrogen-bond donors (Lipinski definition) is 1. The van der Waals surface area contributed by atoms with Gasteiger partial charge in [0.2, 0.25) is 0 Å². The summed E-state index contributed by atoms with van der Waals surface area (Å²) in [6.07, 6.45) is 2.55. The third kappa shape index (κ3) is 9.86. The van der Waals surface area contributed by atoms with Gasteiger partial charge in [0, 0.05) is 24.2 Å². The highest BCUT2D eigenvalue weighted by atomic mass is 16.6. The van der Waals surface area contributed by atoms with Crippen LogP contribution in [0.3, 0.4) is 0 Å². The highest BCUT2D eigenvalue weighted by Crippen LogP contribution is 2.74. The molecule has 3 aromatic carbocycles. The summed E-state index contributed by atoms with van der Waals surface area (Å²) in [5.41, 5.74) is -0.535. The molecule has 0 radical (unpaired) electrons. The first kappa shape index (κ1) is 47.8. The molecular formula is C54H68O11. The van der Waals surface area contributed by atoms with E-state index in [1.807, 2.05) is 42.5 Å². The summed E-state index contributed by atoms with van der Waals surface area (Å²) in [4.78, 5) is 54.5. The largest absolute Gasteiger partial charge is 0.482 e. The van der Waals surface area contributed by atoms with Gasteiger partial charge in [-0.1, -0.05) is 107 Å². The second-order valence-corrected chi connectivity index (χ2v) is 20.7. The zero-order valence-corrected chi connectivity index (χ0v) is 39.4. The van der Waals surface area contributed by atoms with E-state index in [1.165, 1.54) is 25.0 Å². The van der Waals surface area contributed by atoms with Crippen LogP contribution in [0.5, 0.6) is 17.2 Å². The van der Waals surface area contributed by atoms with Crippen LogP contribution in [0, 0.1) is 39.4 Å². The van der Waals surface area contributed by atoms with Crippen LogP contribution >= 0.6 is 0 Å². The second kappa shape index (κ2) is 19.0. The van der Waals surface area contributed by atoms with Gasteiger partial charge in [0.05, 0.1) is 5.60 Å². The average Bonchev–Trinajstić information content (AvgIpc) is 3.62. The molecule has 0 heterocycles. The van der Waals surface area contributed by atoms with Gasteiger partial charge in [0.25, 0.3) is 0 Å². The number of benzene rings is 3. The Morgan fingerprint density at radius 1 is 0.708 bits per heavy atom. The zero-order chi connectivity index (χ0) is 46.8. The highest BCUT2D eigenvalue weighted by Gasteiger charge is 2.70. The second-order valence-electron chi connectivity index (χ2n) is 20.7. The van der Waals surface area contributed by atoms with E-state index in [1.54, 1.807) is 48.5 Å². The Bertz CT molecular complexity index is 2200. The summed E-state index contributed by atoms with van der Waals surface area (Å²) in [5, 5.41) is 11.6. The first-order valence-corrected chi connectivity index (χ1v) is 23.4. The predicted octanol–water partition coefficient (Wildman–Crippen LogP) is 9.68. The van der Waals surface area contributed by atoms with Crippen molar-refractivity contribution in [3.8, 4) is 17.2 Å². The van der Waals surface area contributed by atoms with E-state index in [0.717, 1.165) is 32.1 Å². The Balaban J connectivity index is 1.20. The van der Waals surface area contributed by atoms with Crippen molar-refractivity contribution < 1.29 is 52.7 Å². The molecule has 350 valence electrons. The van der Waals surface area contributed by atoms with Crippen molar-refractivity contribution in [2.75, 3.05) is 19.8 Å². The number of esters is 3. The van der Waals surface area contributed by atoms with Crippen LogP contribution in [0.4, 0.5) is 0 Å².